The highest BCUT2D eigenvalue weighted by Gasteiger charge is 2.37. The third kappa shape index (κ3) is 5.21. The molecule has 1 aliphatic carbocycles. The molecular formula is C31H31F7. The van der Waals surface area contributed by atoms with Gasteiger partial charge >= 0.3 is 0 Å². The molecule has 4 rings (SSSR count). The van der Waals surface area contributed by atoms with Gasteiger partial charge in [-0.25, -0.2) is 30.7 Å². The van der Waals surface area contributed by atoms with Crippen LogP contribution in [-0.4, -0.2) is 0 Å². The zero-order chi connectivity index (χ0) is 27.6. The van der Waals surface area contributed by atoms with Crippen molar-refractivity contribution in [3.63, 3.8) is 0 Å². The molecule has 1 aliphatic rings. The molecule has 0 bridgehead atoms. The second-order valence-electron chi connectivity index (χ2n) is 10.3. The maximum atomic E-state index is 15.4. The molecule has 0 aliphatic heterocycles. The summed E-state index contributed by atoms with van der Waals surface area (Å²) in [6.45, 7) is 3.63. The summed E-state index contributed by atoms with van der Waals surface area (Å²) in [7, 11) is 0. The molecule has 3 atom stereocenters. The van der Waals surface area contributed by atoms with E-state index in [9.17, 15) is 8.78 Å². The van der Waals surface area contributed by atoms with Crippen molar-refractivity contribution in [2.45, 2.75) is 71.1 Å². The van der Waals surface area contributed by atoms with Crippen LogP contribution in [-0.2, 0) is 0 Å². The summed E-state index contributed by atoms with van der Waals surface area (Å²) in [5, 5.41) is 0. The molecule has 0 aromatic heterocycles. The Kier molecular flexibility index (Phi) is 8.84. The van der Waals surface area contributed by atoms with Crippen molar-refractivity contribution in [2.75, 3.05) is 0 Å². The largest absolute Gasteiger partial charge is 0.206 e. The van der Waals surface area contributed by atoms with Crippen molar-refractivity contribution in [3.8, 4) is 22.3 Å². The van der Waals surface area contributed by atoms with Crippen LogP contribution in [0.3, 0.4) is 0 Å². The predicted octanol–water partition coefficient (Wildman–Crippen LogP) is 10.5. The standard InChI is InChI=1S/C31H31F7/c1-3-4-6-11-18-12-9-10-15-20(18)17(2)23-27(34)30(37)25(31(38)28(23)35)21-16-22(32)24(29(36)26(21)33)19-13-7-5-8-14-19/h5,7-8,13-14,16-18,20H,3-4,6,9-12,15H2,1-2H3. The van der Waals surface area contributed by atoms with Crippen molar-refractivity contribution in [1.82, 2.24) is 0 Å². The molecule has 0 N–H and O–H groups in total. The van der Waals surface area contributed by atoms with Gasteiger partial charge in [0.1, 0.15) is 5.82 Å². The van der Waals surface area contributed by atoms with Crippen LogP contribution in [0.5, 0.6) is 0 Å². The second kappa shape index (κ2) is 11.9. The molecule has 3 unspecified atom stereocenters. The molecule has 0 radical (unpaired) electrons. The van der Waals surface area contributed by atoms with Gasteiger partial charge in [-0.3, -0.25) is 0 Å². The minimum Gasteiger partial charge on any atom is -0.206 e. The first-order valence-electron chi connectivity index (χ1n) is 13.3. The Morgan fingerprint density at radius 3 is 1.97 bits per heavy atom. The lowest BCUT2D eigenvalue weighted by Gasteiger charge is -2.36. The summed E-state index contributed by atoms with van der Waals surface area (Å²) >= 11 is 0. The third-order valence-corrected chi connectivity index (χ3v) is 8.03. The van der Waals surface area contributed by atoms with E-state index in [-0.39, 0.29) is 17.4 Å². The molecular weight excluding hydrogens is 505 g/mol. The summed E-state index contributed by atoms with van der Waals surface area (Å²) in [6.07, 6.45) is 7.28. The topological polar surface area (TPSA) is 0 Å². The van der Waals surface area contributed by atoms with Crippen LogP contribution in [0, 0.1) is 52.6 Å². The fourth-order valence-corrected chi connectivity index (χ4v) is 6.05. The smallest absolute Gasteiger partial charge is 0.170 e. The fourth-order valence-electron chi connectivity index (χ4n) is 6.05. The van der Waals surface area contributed by atoms with Gasteiger partial charge in [-0.1, -0.05) is 89.1 Å². The van der Waals surface area contributed by atoms with Gasteiger partial charge in [0.05, 0.1) is 11.1 Å². The van der Waals surface area contributed by atoms with Crippen LogP contribution < -0.4 is 0 Å². The average molecular weight is 537 g/mol. The van der Waals surface area contributed by atoms with E-state index in [1.165, 1.54) is 24.3 Å². The number of benzene rings is 3. The lowest BCUT2D eigenvalue weighted by Crippen LogP contribution is -2.26. The molecule has 7 heteroatoms. The lowest BCUT2D eigenvalue weighted by atomic mass is 9.69. The van der Waals surface area contributed by atoms with E-state index in [1.807, 2.05) is 0 Å². The quantitative estimate of drug-likeness (QED) is 0.153. The monoisotopic (exact) mass is 536 g/mol. The van der Waals surface area contributed by atoms with E-state index < -0.39 is 68.9 Å². The summed E-state index contributed by atoms with van der Waals surface area (Å²) in [5.41, 5.74) is -4.17. The minimum atomic E-state index is -1.87. The van der Waals surface area contributed by atoms with E-state index in [0.717, 1.165) is 44.9 Å². The third-order valence-electron chi connectivity index (χ3n) is 8.03. The highest BCUT2D eigenvalue weighted by atomic mass is 19.2. The van der Waals surface area contributed by atoms with Crippen LogP contribution in [0.4, 0.5) is 30.7 Å². The molecule has 38 heavy (non-hydrogen) atoms. The Morgan fingerprint density at radius 1 is 0.737 bits per heavy atom. The zero-order valence-corrected chi connectivity index (χ0v) is 21.5. The number of rotatable bonds is 8. The fraction of sp³-hybridized carbons (Fsp3) is 0.419. The molecule has 0 saturated heterocycles. The Morgan fingerprint density at radius 2 is 1.34 bits per heavy atom. The maximum absolute atomic E-state index is 15.4. The van der Waals surface area contributed by atoms with Crippen molar-refractivity contribution in [2.24, 2.45) is 11.8 Å². The van der Waals surface area contributed by atoms with E-state index in [4.69, 9.17) is 0 Å². The van der Waals surface area contributed by atoms with Crippen molar-refractivity contribution >= 4 is 0 Å². The van der Waals surface area contributed by atoms with Gasteiger partial charge in [-0.15, -0.1) is 0 Å². The van der Waals surface area contributed by atoms with E-state index in [0.29, 0.717) is 12.5 Å². The molecule has 1 saturated carbocycles. The molecule has 1 fully saturated rings. The second-order valence-corrected chi connectivity index (χ2v) is 10.3. The molecule has 0 spiro atoms. The zero-order valence-electron chi connectivity index (χ0n) is 21.5. The van der Waals surface area contributed by atoms with Gasteiger partial charge in [0, 0.05) is 11.1 Å². The highest BCUT2D eigenvalue weighted by Crippen LogP contribution is 2.46. The van der Waals surface area contributed by atoms with Gasteiger partial charge in [0.25, 0.3) is 0 Å². The first-order chi connectivity index (χ1) is 18.2. The Hall–Kier alpha value is -2.83. The molecule has 3 aromatic rings. The van der Waals surface area contributed by atoms with Crippen LogP contribution in [0.1, 0.15) is 76.7 Å². The van der Waals surface area contributed by atoms with E-state index in [1.54, 1.807) is 13.0 Å². The average Bonchev–Trinajstić information content (AvgIpc) is 2.91. The van der Waals surface area contributed by atoms with Gasteiger partial charge in [0.2, 0.25) is 0 Å². The molecule has 0 amide bonds. The van der Waals surface area contributed by atoms with Crippen LogP contribution in [0.25, 0.3) is 22.3 Å². The Labute approximate surface area is 218 Å². The summed E-state index contributed by atoms with van der Waals surface area (Å²) in [4.78, 5) is 0. The summed E-state index contributed by atoms with van der Waals surface area (Å²) in [6, 6.07) is 7.57. The lowest BCUT2D eigenvalue weighted by molar-refractivity contribution is 0.186. The maximum Gasteiger partial charge on any atom is 0.170 e. The number of halogens is 7. The van der Waals surface area contributed by atoms with E-state index in [2.05, 4.69) is 6.92 Å². The molecule has 3 aromatic carbocycles. The predicted molar refractivity (Wildman–Crippen MR) is 135 cm³/mol. The molecule has 0 nitrogen and oxygen atoms in total. The first-order valence-corrected chi connectivity index (χ1v) is 13.3. The summed E-state index contributed by atoms with van der Waals surface area (Å²) < 4.78 is 106. The number of unbranched alkanes of at least 4 members (excludes halogenated alkanes) is 2. The Bertz CT molecular complexity index is 1260. The number of hydrogen-bond acceptors (Lipinski definition) is 0. The molecule has 204 valence electrons. The molecule has 0 heterocycles. The first kappa shape index (κ1) is 28.2. The van der Waals surface area contributed by atoms with Crippen molar-refractivity contribution < 1.29 is 30.7 Å². The van der Waals surface area contributed by atoms with Crippen molar-refractivity contribution in [3.05, 3.63) is 82.7 Å². The van der Waals surface area contributed by atoms with Gasteiger partial charge in [-0.2, -0.15) is 0 Å². The normalized spacial score (nSPS) is 18.6. The van der Waals surface area contributed by atoms with Crippen LogP contribution in [0.2, 0.25) is 0 Å². The van der Waals surface area contributed by atoms with E-state index >= 15 is 22.0 Å². The van der Waals surface area contributed by atoms with Gasteiger partial charge < -0.3 is 0 Å². The minimum absolute atomic E-state index is 0.00333. The van der Waals surface area contributed by atoms with Gasteiger partial charge in [0.15, 0.2) is 34.9 Å². The highest BCUT2D eigenvalue weighted by molar-refractivity contribution is 5.73. The SMILES string of the molecule is CCCCCC1CCCCC1C(C)c1c(F)c(F)c(-c2cc(F)c(-c3ccccc3)c(F)c2F)c(F)c1F. The van der Waals surface area contributed by atoms with Crippen LogP contribution in [0.15, 0.2) is 36.4 Å². The van der Waals surface area contributed by atoms with Gasteiger partial charge in [-0.05, 0) is 35.8 Å². The van der Waals surface area contributed by atoms with Crippen molar-refractivity contribution in [1.29, 1.82) is 0 Å². The Balaban J connectivity index is 1.78. The number of hydrogen-bond donors (Lipinski definition) is 0. The summed E-state index contributed by atoms with van der Waals surface area (Å²) in [5.74, 6) is -12.7. The van der Waals surface area contributed by atoms with Crippen LogP contribution >= 0.6 is 0 Å².